The molecule has 22 heavy (non-hydrogen) atoms. The molecule has 2 bridgehead atoms. The van der Waals surface area contributed by atoms with E-state index >= 15 is 0 Å². The monoisotopic (exact) mass is 298 g/mol. The Balaban J connectivity index is 1.47. The maximum atomic E-state index is 12.8. The van der Waals surface area contributed by atoms with Gasteiger partial charge in [0.05, 0.1) is 13.2 Å². The lowest BCUT2D eigenvalue weighted by atomic mass is 9.73. The second-order valence-electron chi connectivity index (χ2n) is 6.87. The van der Waals surface area contributed by atoms with E-state index in [9.17, 15) is 4.79 Å². The summed E-state index contributed by atoms with van der Waals surface area (Å²) in [5, 5.41) is 0. The summed E-state index contributed by atoms with van der Waals surface area (Å²) in [5.41, 5.74) is 4.00. The van der Waals surface area contributed by atoms with E-state index in [-0.39, 0.29) is 11.7 Å². The number of carbonyl (C=O) groups is 1. The molecule has 1 heterocycles. The minimum atomic E-state index is -0.686. The van der Waals surface area contributed by atoms with E-state index < -0.39 is 6.29 Å². The molecule has 4 rings (SSSR count). The van der Waals surface area contributed by atoms with E-state index in [0.717, 1.165) is 12.0 Å². The van der Waals surface area contributed by atoms with Gasteiger partial charge in [0.2, 0.25) is 6.29 Å². The Kier molecular flexibility index (Phi) is 3.43. The van der Waals surface area contributed by atoms with Gasteiger partial charge in [-0.1, -0.05) is 41.5 Å². The molecule has 1 aromatic rings. The lowest BCUT2D eigenvalue weighted by molar-refractivity contribution is -0.199. The third-order valence-corrected chi connectivity index (χ3v) is 5.90. The minimum Gasteiger partial charge on any atom is -0.346 e. The second kappa shape index (κ2) is 5.32. The molecule has 116 valence electrons. The van der Waals surface area contributed by atoms with E-state index in [0.29, 0.717) is 31.0 Å². The number of rotatable bonds is 3. The van der Waals surface area contributed by atoms with Crippen molar-refractivity contribution in [3.05, 3.63) is 47.0 Å². The number of ether oxygens (including phenoxy) is 2. The molecule has 3 heteroatoms. The molecule has 2 fully saturated rings. The number of carbonyl (C=O) groups excluding carboxylic acids is 1. The standard InChI is InChI=1S/C19H22O3/c1-11-12(2)15-8-14(11)16-10-22-19(18(20)17(15)16)21-9-13-6-4-3-5-7-13/h3-7,14-17,19H,8-10H2,1-2H3/t14-,15+,16+,17-,19-/m1/s1. The van der Waals surface area contributed by atoms with E-state index in [2.05, 4.69) is 13.8 Å². The number of benzene rings is 1. The first-order valence-electron chi connectivity index (χ1n) is 8.15. The minimum absolute atomic E-state index is 0.114. The number of allylic oxidation sites excluding steroid dienone is 2. The lowest BCUT2D eigenvalue weighted by Crippen LogP contribution is -2.46. The topological polar surface area (TPSA) is 35.5 Å². The summed E-state index contributed by atoms with van der Waals surface area (Å²) >= 11 is 0. The molecule has 3 aliphatic rings. The first kappa shape index (κ1) is 14.2. The van der Waals surface area contributed by atoms with Crippen molar-refractivity contribution < 1.29 is 14.3 Å². The Hall–Kier alpha value is -1.45. The highest BCUT2D eigenvalue weighted by Gasteiger charge is 2.56. The van der Waals surface area contributed by atoms with E-state index in [1.165, 1.54) is 11.1 Å². The first-order valence-corrected chi connectivity index (χ1v) is 8.15. The fraction of sp³-hybridized carbons (Fsp3) is 0.526. The van der Waals surface area contributed by atoms with Gasteiger partial charge in [0.25, 0.3) is 0 Å². The zero-order valence-electron chi connectivity index (χ0n) is 13.1. The molecule has 1 saturated heterocycles. The van der Waals surface area contributed by atoms with Crippen molar-refractivity contribution >= 4 is 5.78 Å². The molecule has 0 amide bonds. The van der Waals surface area contributed by atoms with Gasteiger partial charge in [0, 0.05) is 5.92 Å². The molecule has 0 spiro atoms. The number of Topliss-reactive ketones (excluding diaryl/α,β-unsaturated/α-hetero) is 1. The van der Waals surface area contributed by atoms with Crippen LogP contribution in [0.4, 0.5) is 0 Å². The van der Waals surface area contributed by atoms with E-state index in [4.69, 9.17) is 9.47 Å². The Morgan fingerprint density at radius 2 is 1.86 bits per heavy atom. The van der Waals surface area contributed by atoms with E-state index in [1.807, 2.05) is 30.3 Å². The molecule has 0 radical (unpaired) electrons. The van der Waals surface area contributed by atoms with Gasteiger partial charge in [-0.2, -0.15) is 0 Å². The van der Waals surface area contributed by atoms with Gasteiger partial charge in [-0.3, -0.25) is 4.79 Å². The van der Waals surface area contributed by atoms with Gasteiger partial charge in [0.1, 0.15) is 0 Å². The predicted octanol–water partition coefficient (Wildman–Crippen LogP) is 3.35. The van der Waals surface area contributed by atoms with Crippen LogP contribution in [-0.2, 0) is 20.9 Å². The summed E-state index contributed by atoms with van der Waals surface area (Å²) in [6.45, 7) is 5.50. The first-order chi connectivity index (χ1) is 10.7. The molecule has 5 atom stereocenters. The van der Waals surface area contributed by atoms with Crippen molar-refractivity contribution in [3.63, 3.8) is 0 Å². The SMILES string of the molecule is CC1=C(C)[C@@H]2C[C@H]1[C@@H]1CO[C@@H](OCc3ccccc3)C(=O)[C@@H]12. The van der Waals surface area contributed by atoms with Crippen LogP contribution in [0.2, 0.25) is 0 Å². The maximum absolute atomic E-state index is 12.8. The van der Waals surface area contributed by atoms with Crippen molar-refractivity contribution in [1.82, 2.24) is 0 Å². The van der Waals surface area contributed by atoms with Crippen molar-refractivity contribution in [3.8, 4) is 0 Å². The van der Waals surface area contributed by atoms with Gasteiger partial charge < -0.3 is 9.47 Å². The van der Waals surface area contributed by atoms with Crippen LogP contribution >= 0.6 is 0 Å². The number of hydrogen-bond donors (Lipinski definition) is 0. The van der Waals surface area contributed by atoms with Gasteiger partial charge in [-0.25, -0.2) is 0 Å². The average molecular weight is 298 g/mol. The van der Waals surface area contributed by atoms with Crippen molar-refractivity contribution in [1.29, 1.82) is 0 Å². The summed E-state index contributed by atoms with van der Waals surface area (Å²) in [6.07, 6.45) is 0.446. The predicted molar refractivity (Wildman–Crippen MR) is 82.9 cm³/mol. The Morgan fingerprint density at radius 3 is 2.64 bits per heavy atom. The van der Waals surface area contributed by atoms with Crippen molar-refractivity contribution in [2.24, 2.45) is 23.7 Å². The molecular formula is C19H22O3. The maximum Gasteiger partial charge on any atom is 0.218 e. The number of ketones is 1. The Bertz CT molecular complexity index is 619. The Morgan fingerprint density at radius 1 is 1.14 bits per heavy atom. The number of hydrogen-bond acceptors (Lipinski definition) is 3. The molecule has 0 unspecified atom stereocenters. The summed E-state index contributed by atoms with van der Waals surface area (Å²) in [5.74, 6) is 1.62. The second-order valence-corrected chi connectivity index (χ2v) is 6.87. The van der Waals surface area contributed by atoms with Crippen LogP contribution in [0.25, 0.3) is 0 Å². The van der Waals surface area contributed by atoms with Crippen LogP contribution in [-0.4, -0.2) is 18.7 Å². The number of fused-ring (bicyclic) bond motifs is 5. The van der Waals surface area contributed by atoms with Gasteiger partial charge in [-0.05, 0) is 43.6 Å². The molecule has 2 aliphatic carbocycles. The summed E-state index contributed by atoms with van der Waals surface area (Å²) in [7, 11) is 0. The molecule has 1 aromatic carbocycles. The van der Waals surface area contributed by atoms with Crippen LogP contribution in [0, 0.1) is 23.7 Å². The highest BCUT2D eigenvalue weighted by molar-refractivity contribution is 5.86. The zero-order valence-corrected chi connectivity index (χ0v) is 13.1. The molecule has 0 N–H and O–H groups in total. The van der Waals surface area contributed by atoms with Crippen LogP contribution in [0.5, 0.6) is 0 Å². The normalized spacial score (nSPS) is 36.8. The lowest BCUT2D eigenvalue weighted by Gasteiger charge is -2.38. The van der Waals surface area contributed by atoms with Crippen LogP contribution in [0.1, 0.15) is 25.8 Å². The van der Waals surface area contributed by atoms with E-state index in [1.54, 1.807) is 0 Å². The molecule has 1 aliphatic heterocycles. The van der Waals surface area contributed by atoms with Gasteiger partial charge >= 0.3 is 0 Å². The average Bonchev–Trinajstić information content (AvgIpc) is 3.06. The zero-order chi connectivity index (χ0) is 15.3. The largest absolute Gasteiger partial charge is 0.346 e. The van der Waals surface area contributed by atoms with Gasteiger partial charge in [0.15, 0.2) is 5.78 Å². The fourth-order valence-corrected chi connectivity index (χ4v) is 4.62. The smallest absolute Gasteiger partial charge is 0.218 e. The van der Waals surface area contributed by atoms with Gasteiger partial charge in [-0.15, -0.1) is 0 Å². The summed E-state index contributed by atoms with van der Waals surface area (Å²) < 4.78 is 11.5. The summed E-state index contributed by atoms with van der Waals surface area (Å²) in [6, 6.07) is 9.94. The molecule has 0 aromatic heterocycles. The fourth-order valence-electron chi connectivity index (χ4n) is 4.62. The van der Waals surface area contributed by atoms with Crippen molar-refractivity contribution in [2.45, 2.75) is 33.2 Å². The van der Waals surface area contributed by atoms with Crippen molar-refractivity contribution in [2.75, 3.05) is 6.61 Å². The molecule has 3 nitrogen and oxygen atoms in total. The third kappa shape index (κ3) is 2.07. The Labute approximate surface area is 131 Å². The molecular weight excluding hydrogens is 276 g/mol. The quantitative estimate of drug-likeness (QED) is 0.803. The highest BCUT2D eigenvalue weighted by Crippen LogP contribution is 2.56. The van der Waals surface area contributed by atoms with Crippen LogP contribution in [0.3, 0.4) is 0 Å². The highest BCUT2D eigenvalue weighted by atomic mass is 16.7. The van der Waals surface area contributed by atoms with Crippen LogP contribution < -0.4 is 0 Å². The molecule has 1 saturated carbocycles. The summed E-state index contributed by atoms with van der Waals surface area (Å²) in [4.78, 5) is 12.8. The van der Waals surface area contributed by atoms with Crippen LogP contribution in [0.15, 0.2) is 41.5 Å². The third-order valence-electron chi connectivity index (χ3n) is 5.90.